The van der Waals surface area contributed by atoms with Gasteiger partial charge < -0.3 is 0 Å². The predicted molar refractivity (Wildman–Crippen MR) is 64.2 cm³/mol. The topological polar surface area (TPSA) is 0 Å². The van der Waals surface area contributed by atoms with Crippen molar-refractivity contribution in [2.45, 2.75) is 32.1 Å². The lowest BCUT2D eigenvalue weighted by Gasteiger charge is -2.17. The number of halogens is 3. The molecule has 1 rings (SSSR count). The molecule has 0 N–H and O–H groups in total. The van der Waals surface area contributed by atoms with Crippen LogP contribution in [0.15, 0.2) is 18.2 Å². The van der Waals surface area contributed by atoms with Gasteiger partial charge in [0.15, 0.2) is 0 Å². The summed E-state index contributed by atoms with van der Waals surface area (Å²) in [5.41, 5.74) is 0.654. The summed E-state index contributed by atoms with van der Waals surface area (Å²) in [5.74, 6) is -0.0189. The van der Waals surface area contributed by atoms with Crippen molar-refractivity contribution in [2.24, 2.45) is 5.92 Å². The van der Waals surface area contributed by atoms with Gasteiger partial charge in [-0.15, -0.1) is 11.6 Å². The summed E-state index contributed by atoms with van der Waals surface area (Å²) < 4.78 is 13.6. The van der Waals surface area contributed by atoms with Crippen molar-refractivity contribution in [2.75, 3.05) is 0 Å². The molecule has 0 fully saturated rings. The molecule has 0 aliphatic carbocycles. The zero-order chi connectivity index (χ0) is 11.4. The lowest BCUT2D eigenvalue weighted by Crippen LogP contribution is -2.14. The highest BCUT2D eigenvalue weighted by Crippen LogP contribution is 2.24. The average Bonchev–Trinajstić information content (AvgIpc) is 2.19. The zero-order valence-corrected chi connectivity index (χ0v) is 10.4. The third-order valence-electron chi connectivity index (χ3n) is 2.69. The molecule has 0 aliphatic heterocycles. The molecular weight excluding hydrogens is 234 g/mol. The Morgan fingerprint density at radius 1 is 1.40 bits per heavy atom. The Morgan fingerprint density at radius 2 is 2.07 bits per heavy atom. The van der Waals surface area contributed by atoms with E-state index in [0.29, 0.717) is 17.9 Å². The first-order chi connectivity index (χ1) is 7.06. The molecule has 2 unspecified atom stereocenters. The van der Waals surface area contributed by atoms with Gasteiger partial charge in [0.05, 0.1) is 5.02 Å². The van der Waals surface area contributed by atoms with Crippen molar-refractivity contribution in [1.29, 1.82) is 0 Å². The number of hydrogen-bond donors (Lipinski definition) is 0. The summed E-state index contributed by atoms with van der Waals surface area (Å²) in [5, 5.41) is 0.234. The first kappa shape index (κ1) is 12.8. The Bertz CT molecular complexity index is 323. The van der Waals surface area contributed by atoms with Gasteiger partial charge in [-0.25, -0.2) is 4.39 Å². The van der Waals surface area contributed by atoms with E-state index in [1.165, 1.54) is 0 Å². The normalized spacial score (nSPS) is 15.0. The van der Waals surface area contributed by atoms with Crippen LogP contribution in [-0.2, 0) is 6.42 Å². The van der Waals surface area contributed by atoms with Crippen molar-refractivity contribution < 1.29 is 4.39 Å². The Morgan fingerprint density at radius 3 is 2.60 bits per heavy atom. The largest absolute Gasteiger partial charge is 0.205 e. The molecule has 2 atom stereocenters. The van der Waals surface area contributed by atoms with Crippen LogP contribution in [-0.4, -0.2) is 5.38 Å². The number of rotatable bonds is 4. The van der Waals surface area contributed by atoms with Gasteiger partial charge in [0, 0.05) is 5.38 Å². The van der Waals surface area contributed by atoms with Crippen molar-refractivity contribution in [3.63, 3.8) is 0 Å². The molecule has 0 bridgehead atoms. The lowest BCUT2D eigenvalue weighted by molar-refractivity contribution is 0.482. The smallest absolute Gasteiger partial charge is 0.144 e. The van der Waals surface area contributed by atoms with E-state index in [9.17, 15) is 4.39 Å². The van der Waals surface area contributed by atoms with Crippen LogP contribution in [0.3, 0.4) is 0 Å². The summed E-state index contributed by atoms with van der Waals surface area (Å²) >= 11 is 11.7. The van der Waals surface area contributed by atoms with Gasteiger partial charge in [-0.1, -0.05) is 37.1 Å². The number of benzene rings is 1. The average molecular weight is 249 g/mol. The first-order valence-electron chi connectivity index (χ1n) is 5.13. The van der Waals surface area contributed by atoms with Gasteiger partial charge >= 0.3 is 0 Å². The molecule has 0 nitrogen and oxygen atoms in total. The fourth-order valence-electron chi connectivity index (χ4n) is 1.62. The minimum Gasteiger partial charge on any atom is -0.205 e. The highest BCUT2D eigenvalue weighted by Gasteiger charge is 2.16. The third kappa shape index (κ3) is 3.35. The number of alkyl halides is 1. The van der Waals surface area contributed by atoms with Crippen molar-refractivity contribution in [3.8, 4) is 0 Å². The second kappa shape index (κ2) is 5.72. The number of hydrogen-bond acceptors (Lipinski definition) is 0. The molecule has 1 aromatic carbocycles. The Hall–Kier alpha value is -0.270. The van der Waals surface area contributed by atoms with Crippen LogP contribution in [0.2, 0.25) is 5.02 Å². The predicted octanol–water partition coefficient (Wildman–Crippen LogP) is 4.68. The maximum absolute atomic E-state index is 13.6. The Labute approximate surface area is 100 Å². The van der Waals surface area contributed by atoms with E-state index in [-0.39, 0.29) is 16.2 Å². The van der Waals surface area contributed by atoms with E-state index in [2.05, 4.69) is 6.92 Å². The van der Waals surface area contributed by atoms with Gasteiger partial charge in [-0.2, -0.15) is 0 Å². The van der Waals surface area contributed by atoms with E-state index in [1.807, 2.05) is 6.92 Å². The highest BCUT2D eigenvalue weighted by atomic mass is 35.5. The molecule has 0 heterocycles. The fourth-order valence-corrected chi connectivity index (χ4v) is 2.08. The molecule has 0 spiro atoms. The molecule has 3 heteroatoms. The first-order valence-corrected chi connectivity index (χ1v) is 5.94. The van der Waals surface area contributed by atoms with Crippen LogP contribution >= 0.6 is 23.2 Å². The second-order valence-corrected chi connectivity index (χ2v) is 4.86. The van der Waals surface area contributed by atoms with Crippen LogP contribution in [0.4, 0.5) is 4.39 Å². The highest BCUT2D eigenvalue weighted by molar-refractivity contribution is 6.30. The van der Waals surface area contributed by atoms with E-state index < -0.39 is 0 Å². The monoisotopic (exact) mass is 248 g/mol. The van der Waals surface area contributed by atoms with Gasteiger partial charge in [0.2, 0.25) is 0 Å². The Balaban J connectivity index is 2.84. The maximum Gasteiger partial charge on any atom is 0.144 e. The standard InChI is InChI=1S/C12H15Cl2F/c1-3-9(8(2)13)7-10-5-4-6-11(14)12(10)15/h4-6,8-9H,3,7H2,1-2H3. The van der Waals surface area contributed by atoms with Crippen LogP contribution in [0.25, 0.3) is 0 Å². The summed E-state index contributed by atoms with van der Waals surface area (Å²) in [6.45, 7) is 4.00. The molecule has 0 aliphatic rings. The summed E-state index contributed by atoms with van der Waals surface area (Å²) in [6, 6.07) is 5.10. The molecule has 1 aromatic rings. The Kier molecular flexibility index (Phi) is 4.88. The summed E-state index contributed by atoms with van der Waals surface area (Å²) in [7, 11) is 0. The van der Waals surface area contributed by atoms with Crippen LogP contribution in [0, 0.1) is 11.7 Å². The summed E-state index contributed by atoms with van der Waals surface area (Å²) in [6.07, 6.45) is 1.59. The molecule has 0 amide bonds. The second-order valence-electron chi connectivity index (χ2n) is 3.76. The van der Waals surface area contributed by atoms with Crippen LogP contribution in [0.5, 0.6) is 0 Å². The van der Waals surface area contributed by atoms with Crippen molar-refractivity contribution in [1.82, 2.24) is 0 Å². The SMILES string of the molecule is CCC(Cc1cccc(Cl)c1F)C(C)Cl. The zero-order valence-electron chi connectivity index (χ0n) is 8.93. The molecule has 0 saturated carbocycles. The molecule has 84 valence electrons. The summed E-state index contributed by atoms with van der Waals surface area (Å²) in [4.78, 5) is 0. The van der Waals surface area contributed by atoms with Gasteiger partial charge in [0.1, 0.15) is 5.82 Å². The molecular formula is C12H15Cl2F. The van der Waals surface area contributed by atoms with Crippen LogP contribution < -0.4 is 0 Å². The van der Waals surface area contributed by atoms with Gasteiger partial charge in [-0.3, -0.25) is 0 Å². The van der Waals surface area contributed by atoms with Crippen molar-refractivity contribution in [3.05, 3.63) is 34.6 Å². The van der Waals surface area contributed by atoms with Gasteiger partial charge in [0.25, 0.3) is 0 Å². The van der Waals surface area contributed by atoms with E-state index in [1.54, 1.807) is 18.2 Å². The van der Waals surface area contributed by atoms with E-state index >= 15 is 0 Å². The van der Waals surface area contributed by atoms with Gasteiger partial charge in [-0.05, 0) is 30.9 Å². The minimum absolute atomic E-state index is 0.0494. The van der Waals surface area contributed by atoms with Crippen LogP contribution in [0.1, 0.15) is 25.8 Å². The maximum atomic E-state index is 13.6. The molecule has 15 heavy (non-hydrogen) atoms. The molecule has 0 aromatic heterocycles. The molecule has 0 radical (unpaired) electrons. The molecule has 0 saturated heterocycles. The lowest BCUT2D eigenvalue weighted by atomic mass is 9.94. The van der Waals surface area contributed by atoms with Crippen molar-refractivity contribution >= 4 is 23.2 Å². The fraction of sp³-hybridized carbons (Fsp3) is 0.500. The van der Waals surface area contributed by atoms with E-state index in [0.717, 1.165) is 6.42 Å². The minimum atomic E-state index is -0.310. The third-order valence-corrected chi connectivity index (χ3v) is 3.34. The quantitative estimate of drug-likeness (QED) is 0.680. The van der Waals surface area contributed by atoms with E-state index in [4.69, 9.17) is 23.2 Å².